The molecule has 2 aromatic rings. The maximum Gasteiger partial charge on any atom is 0.124 e. The van der Waals surface area contributed by atoms with E-state index in [-0.39, 0.29) is 6.04 Å². The number of methoxy groups -OCH3 is 1. The molecule has 1 aliphatic rings. The van der Waals surface area contributed by atoms with Crippen molar-refractivity contribution in [2.24, 2.45) is 5.73 Å². The summed E-state index contributed by atoms with van der Waals surface area (Å²) < 4.78 is 5.60. The first-order chi connectivity index (χ1) is 10.1. The fraction of sp³-hybridized carbons (Fsp3) is 0.368. The average Bonchev–Trinajstić information content (AvgIpc) is 2.89. The summed E-state index contributed by atoms with van der Waals surface area (Å²) in [5.74, 6) is 1.31. The van der Waals surface area contributed by atoms with Gasteiger partial charge >= 0.3 is 0 Å². The molecular weight excluding hydrogens is 258 g/mol. The summed E-state index contributed by atoms with van der Waals surface area (Å²) >= 11 is 0. The van der Waals surface area contributed by atoms with E-state index in [2.05, 4.69) is 50.2 Å². The van der Waals surface area contributed by atoms with Gasteiger partial charge in [-0.2, -0.15) is 0 Å². The maximum absolute atomic E-state index is 6.66. The summed E-state index contributed by atoms with van der Waals surface area (Å²) in [5.41, 5.74) is 13.1. The Labute approximate surface area is 126 Å². The van der Waals surface area contributed by atoms with Crippen LogP contribution in [0.5, 0.6) is 5.75 Å². The number of benzene rings is 2. The molecule has 2 N–H and O–H groups in total. The summed E-state index contributed by atoms with van der Waals surface area (Å²) in [7, 11) is 1.73. The molecule has 0 spiro atoms. The lowest BCUT2D eigenvalue weighted by atomic mass is 9.86. The van der Waals surface area contributed by atoms with Crippen molar-refractivity contribution in [1.29, 1.82) is 0 Å². The van der Waals surface area contributed by atoms with E-state index in [1.807, 2.05) is 0 Å². The van der Waals surface area contributed by atoms with Gasteiger partial charge in [0.15, 0.2) is 0 Å². The van der Waals surface area contributed by atoms with E-state index in [0.29, 0.717) is 5.92 Å². The molecule has 0 saturated heterocycles. The van der Waals surface area contributed by atoms with Crippen molar-refractivity contribution in [3.63, 3.8) is 0 Å². The van der Waals surface area contributed by atoms with Gasteiger partial charge in [-0.1, -0.05) is 30.3 Å². The highest BCUT2D eigenvalue weighted by Crippen LogP contribution is 2.43. The summed E-state index contributed by atoms with van der Waals surface area (Å²) in [5, 5.41) is 0. The van der Waals surface area contributed by atoms with Gasteiger partial charge in [-0.3, -0.25) is 0 Å². The minimum Gasteiger partial charge on any atom is -0.496 e. The second-order valence-corrected chi connectivity index (χ2v) is 6.07. The van der Waals surface area contributed by atoms with Crippen LogP contribution in [0.25, 0.3) is 0 Å². The zero-order valence-electron chi connectivity index (χ0n) is 13.0. The van der Waals surface area contributed by atoms with Gasteiger partial charge in [0.05, 0.1) is 7.11 Å². The van der Waals surface area contributed by atoms with Crippen LogP contribution in [-0.2, 0) is 6.42 Å². The third kappa shape index (κ3) is 2.44. The molecule has 0 amide bonds. The summed E-state index contributed by atoms with van der Waals surface area (Å²) in [4.78, 5) is 0. The molecule has 2 nitrogen and oxygen atoms in total. The number of ether oxygens (including phenoxy) is 1. The Morgan fingerprint density at radius 3 is 2.71 bits per heavy atom. The van der Waals surface area contributed by atoms with E-state index in [1.54, 1.807) is 7.11 Å². The van der Waals surface area contributed by atoms with Crippen molar-refractivity contribution in [2.75, 3.05) is 7.11 Å². The van der Waals surface area contributed by atoms with Crippen molar-refractivity contribution < 1.29 is 4.74 Å². The molecule has 0 radical (unpaired) electrons. The van der Waals surface area contributed by atoms with Gasteiger partial charge in [0.25, 0.3) is 0 Å². The zero-order chi connectivity index (χ0) is 15.0. The standard InChI is InChI=1S/C19H23NO/c1-12-10-13(2)18(17(11-12)21-3)19(20)16-9-8-14-6-4-5-7-15(14)16/h4-7,10-11,16,19H,8-9,20H2,1-3H3. The van der Waals surface area contributed by atoms with Gasteiger partial charge < -0.3 is 10.5 Å². The maximum atomic E-state index is 6.66. The predicted octanol–water partition coefficient (Wildman–Crippen LogP) is 4.04. The van der Waals surface area contributed by atoms with Crippen LogP contribution in [0, 0.1) is 13.8 Å². The minimum atomic E-state index is -0.0100. The van der Waals surface area contributed by atoms with Crippen molar-refractivity contribution in [2.45, 2.75) is 38.6 Å². The Hall–Kier alpha value is -1.80. The normalized spacial score (nSPS) is 18.4. The molecule has 1 aliphatic carbocycles. The molecule has 2 aromatic carbocycles. The molecule has 0 aromatic heterocycles. The highest BCUT2D eigenvalue weighted by Gasteiger charge is 2.30. The number of aryl methyl sites for hydroxylation is 3. The molecule has 2 atom stereocenters. The van der Waals surface area contributed by atoms with Crippen LogP contribution < -0.4 is 10.5 Å². The van der Waals surface area contributed by atoms with Gasteiger partial charge in [-0.05, 0) is 55.0 Å². The topological polar surface area (TPSA) is 35.2 Å². The Kier molecular flexibility index (Phi) is 3.73. The Balaban J connectivity index is 2.02. The molecular formula is C19H23NO. The van der Waals surface area contributed by atoms with Crippen molar-refractivity contribution in [1.82, 2.24) is 0 Å². The van der Waals surface area contributed by atoms with Crippen molar-refractivity contribution >= 4 is 0 Å². The zero-order valence-corrected chi connectivity index (χ0v) is 13.0. The second-order valence-electron chi connectivity index (χ2n) is 6.07. The molecule has 110 valence electrons. The summed E-state index contributed by atoms with van der Waals surface area (Å²) in [6.45, 7) is 4.22. The number of hydrogen-bond acceptors (Lipinski definition) is 2. The van der Waals surface area contributed by atoms with Gasteiger partial charge in [0.1, 0.15) is 5.75 Å². The van der Waals surface area contributed by atoms with Gasteiger partial charge in [-0.15, -0.1) is 0 Å². The predicted molar refractivity (Wildman–Crippen MR) is 86.9 cm³/mol. The lowest BCUT2D eigenvalue weighted by molar-refractivity contribution is 0.399. The molecule has 21 heavy (non-hydrogen) atoms. The van der Waals surface area contributed by atoms with Gasteiger partial charge in [0, 0.05) is 17.5 Å². The first kappa shape index (κ1) is 14.2. The number of nitrogens with two attached hydrogens (primary N) is 1. The number of hydrogen-bond donors (Lipinski definition) is 1. The van der Waals surface area contributed by atoms with E-state index >= 15 is 0 Å². The number of fused-ring (bicyclic) bond motifs is 1. The second kappa shape index (κ2) is 5.53. The molecule has 2 unspecified atom stereocenters. The SMILES string of the molecule is COc1cc(C)cc(C)c1C(N)C1CCc2ccccc21. The molecule has 0 bridgehead atoms. The summed E-state index contributed by atoms with van der Waals surface area (Å²) in [6.07, 6.45) is 2.25. The van der Waals surface area contributed by atoms with E-state index in [1.165, 1.54) is 22.3 Å². The third-order valence-electron chi connectivity index (χ3n) is 4.66. The van der Waals surface area contributed by atoms with Crippen molar-refractivity contribution in [3.8, 4) is 5.75 Å². The summed E-state index contributed by atoms with van der Waals surface area (Å²) in [6, 6.07) is 12.9. The van der Waals surface area contributed by atoms with E-state index < -0.39 is 0 Å². The Morgan fingerprint density at radius 2 is 1.95 bits per heavy atom. The Bertz CT molecular complexity index is 663. The monoisotopic (exact) mass is 281 g/mol. The fourth-order valence-electron chi connectivity index (χ4n) is 3.70. The highest BCUT2D eigenvalue weighted by atomic mass is 16.5. The Morgan fingerprint density at radius 1 is 1.19 bits per heavy atom. The largest absolute Gasteiger partial charge is 0.496 e. The van der Waals surface area contributed by atoms with Crippen LogP contribution in [-0.4, -0.2) is 7.11 Å². The van der Waals surface area contributed by atoms with Crippen molar-refractivity contribution in [3.05, 3.63) is 64.2 Å². The average molecular weight is 281 g/mol. The van der Waals surface area contributed by atoms with E-state index in [0.717, 1.165) is 24.2 Å². The van der Waals surface area contributed by atoms with Crippen LogP contribution >= 0.6 is 0 Å². The fourth-order valence-corrected chi connectivity index (χ4v) is 3.70. The van der Waals surface area contributed by atoms with Gasteiger partial charge in [0.2, 0.25) is 0 Å². The lowest BCUT2D eigenvalue weighted by Crippen LogP contribution is -2.20. The van der Waals surface area contributed by atoms with Gasteiger partial charge in [-0.25, -0.2) is 0 Å². The first-order valence-electron chi connectivity index (χ1n) is 7.60. The van der Waals surface area contributed by atoms with Crippen LogP contribution in [0.2, 0.25) is 0 Å². The molecule has 0 fully saturated rings. The van der Waals surface area contributed by atoms with E-state index in [4.69, 9.17) is 10.5 Å². The van der Waals surface area contributed by atoms with Crippen LogP contribution in [0.1, 0.15) is 46.2 Å². The number of rotatable bonds is 3. The minimum absolute atomic E-state index is 0.0100. The van der Waals surface area contributed by atoms with Crippen LogP contribution in [0.4, 0.5) is 0 Å². The quantitative estimate of drug-likeness (QED) is 0.921. The highest BCUT2D eigenvalue weighted by molar-refractivity contribution is 5.48. The third-order valence-corrected chi connectivity index (χ3v) is 4.66. The molecule has 2 heteroatoms. The molecule has 0 heterocycles. The van der Waals surface area contributed by atoms with E-state index in [9.17, 15) is 0 Å². The lowest BCUT2D eigenvalue weighted by Gasteiger charge is -2.25. The molecule has 0 saturated carbocycles. The first-order valence-corrected chi connectivity index (χ1v) is 7.60. The van der Waals surface area contributed by atoms with Crippen LogP contribution in [0.3, 0.4) is 0 Å². The molecule has 0 aliphatic heterocycles. The van der Waals surface area contributed by atoms with Crippen LogP contribution in [0.15, 0.2) is 36.4 Å². The molecule has 3 rings (SSSR count). The smallest absolute Gasteiger partial charge is 0.124 e.